The van der Waals surface area contributed by atoms with E-state index < -0.39 is 0 Å². The maximum atomic E-state index is 13.7. The lowest BCUT2D eigenvalue weighted by Crippen LogP contribution is -2.35. The smallest absolute Gasteiger partial charge is 0.165 e. The second kappa shape index (κ2) is 5.53. The summed E-state index contributed by atoms with van der Waals surface area (Å²) in [5, 5.41) is 0. The molecule has 0 saturated carbocycles. The van der Waals surface area contributed by atoms with Crippen LogP contribution >= 0.6 is 0 Å². The van der Waals surface area contributed by atoms with Gasteiger partial charge in [-0.3, -0.25) is 4.90 Å². The first-order valence-corrected chi connectivity index (χ1v) is 6.39. The van der Waals surface area contributed by atoms with Crippen molar-refractivity contribution in [3.05, 3.63) is 35.7 Å². The van der Waals surface area contributed by atoms with E-state index >= 15 is 0 Å². The van der Waals surface area contributed by atoms with E-state index in [9.17, 15) is 4.39 Å². The highest BCUT2D eigenvalue weighted by Gasteiger charge is 2.17. The van der Waals surface area contributed by atoms with Gasteiger partial charge in [-0.25, -0.2) is 4.39 Å². The monoisotopic (exact) mass is 249 g/mol. The first-order chi connectivity index (χ1) is 8.61. The molecule has 1 aliphatic rings. The Balaban J connectivity index is 2.21. The summed E-state index contributed by atoms with van der Waals surface area (Å²) in [6, 6.07) is 5.71. The second-order valence-electron chi connectivity index (χ2n) is 4.93. The van der Waals surface area contributed by atoms with Gasteiger partial charge in [0.25, 0.3) is 0 Å². The van der Waals surface area contributed by atoms with Gasteiger partial charge in [0.1, 0.15) is 0 Å². The van der Waals surface area contributed by atoms with Crippen molar-refractivity contribution in [1.82, 2.24) is 4.90 Å². The third-order valence-electron chi connectivity index (χ3n) is 3.43. The minimum atomic E-state index is -0.294. The molecule has 0 N–H and O–H groups in total. The Labute approximate surface area is 108 Å². The van der Waals surface area contributed by atoms with Crippen molar-refractivity contribution in [3.8, 4) is 5.75 Å². The second-order valence-corrected chi connectivity index (χ2v) is 4.93. The maximum absolute atomic E-state index is 13.7. The zero-order valence-corrected chi connectivity index (χ0v) is 11.2. The van der Waals surface area contributed by atoms with Gasteiger partial charge in [0.2, 0.25) is 0 Å². The Kier molecular flexibility index (Phi) is 4.02. The lowest BCUT2D eigenvalue weighted by molar-refractivity contribution is 0.248. The molecule has 0 spiro atoms. The molecule has 18 heavy (non-hydrogen) atoms. The summed E-state index contributed by atoms with van der Waals surface area (Å²) in [6.45, 7) is 6.36. The van der Waals surface area contributed by atoms with Crippen LogP contribution in [0.5, 0.6) is 5.75 Å². The highest BCUT2D eigenvalue weighted by atomic mass is 19.1. The van der Waals surface area contributed by atoms with Crippen molar-refractivity contribution in [2.24, 2.45) is 0 Å². The Hall–Kier alpha value is -1.35. The molecule has 1 aliphatic heterocycles. The molecule has 0 aromatic heterocycles. The number of ether oxygens (including phenoxy) is 1. The lowest BCUT2D eigenvalue weighted by atomic mass is 10.00. The van der Waals surface area contributed by atoms with Gasteiger partial charge in [-0.15, -0.1) is 0 Å². The molecule has 1 aromatic carbocycles. The Morgan fingerprint density at radius 1 is 1.33 bits per heavy atom. The molecule has 3 heteroatoms. The van der Waals surface area contributed by atoms with E-state index in [4.69, 9.17) is 4.74 Å². The number of halogens is 1. The predicted octanol–water partition coefficient (Wildman–Crippen LogP) is 3.33. The van der Waals surface area contributed by atoms with E-state index in [1.54, 1.807) is 12.1 Å². The van der Waals surface area contributed by atoms with Crippen molar-refractivity contribution in [2.45, 2.75) is 26.3 Å². The predicted molar refractivity (Wildman–Crippen MR) is 72.3 cm³/mol. The zero-order chi connectivity index (χ0) is 13.1. The van der Waals surface area contributed by atoms with Crippen LogP contribution in [0.15, 0.2) is 24.3 Å². The highest BCUT2D eigenvalue weighted by molar-refractivity contribution is 5.68. The van der Waals surface area contributed by atoms with Gasteiger partial charge >= 0.3 is 0 Å². The summed E-state index contributed by atoms with van der Waals surface area (Å²) < 4.78 is 18.6. The molecule has 2 nitrogen and oxygen atoms in total. The summed E-state index contributed by atoms with van der Waals surface area (Å²) >= 11 is 0. The number of methoxy groups -OCH3 is 1. The fraction of sp³-hybridized carbons (Fsp3) is 0.467. The van der Waals surface area contributed by atoms with Crippen molar-refractivity contribution in [1.29, 1.82) is 0 Å². The van der Waals surface area contributed by atoms with Crippen LogP contribution in [0.4, 0.5) is 4.39 Å². The first kappa shape index (κ1) is 13.1. The molecule has 0 amide bonds. The van der Waals surface area contributed by atoms with E-state index in [0.717, 1.165) is 25.1 Å². The number of rotatable bonds is 3. The number of hydrogen-bond acceptors (Lipinski definition) is 2. The SMILES string of the molecule is COc1ccc(C2=CCCN(C(C)C)C2)cc1F. The third kappa shape index (κ3) is 2.72. The van der Waals surface area contributed by atoms with Gasteiger partial charge in [0.15, 0.2) is 11.6 Å². The molecule has 0 aliphatic carbocycles. The van der Waals surface area contributed by atoms with E-state index in [1.807, 2.05) is 6.07 Å². The van der Waals surface area contributed by atoms with Crippen LogP contribution in [-0.2, 0) is 0 Å². The molecule has 1 heterocycles. The number of nitrogens with zero attached hydrogens (tertiary/aromatic N) is 1. The van der Waals surface area contributed by atoms with Gasteiger partial charge < -0.3 is 4.74 Å². The first-order valence-electron chi connectivity index (χ1n) is 6.39. The van der Waals surface area contributed by atoms with E-state index in [2.05, 4.69) is 24.8 Å². The van der Waals surface area contributed by atoms with Crippen LogP contribution in [0, 0.1) is 5.82 Å². The summed E-state index contributed by atoms with van der Waals surface area (Å²) in [4.78, 5) is 2.40. The largest absolute Gasteiger partial charge is 0.494 e. The van der Waals surface area contributed by atoms with E-state index in [-0.39, 0.29) is 5.82 Å². The Morgan fingerprint density at radius 3 is 2.72 bits per heavy atom. The summed E-state index contributed by atoms with van der Waals surface area (Å²) in [6.07, 6.45) is 3.24. The van der Waals surface area contributed by atoms with Crippen LogP contribution in [0.1, 0.15) is 25.8 Å². The van der Waals surface area contributed by atoms with Gasteiger partial charge in [0.05, 0.1) is 7.11 Å². The summed E-state index contributed by atoms with van der Waals surface area (Å²) in [5.41, 5.74) is 2.16. The molecule has 2 rings (SSSR count). The Morgan fingerprint density at radius 2 is 2.11 bits per heavy atom. The minimum absolute atomic E-state index is 0.294. The van der Waals surface area contributed by atoms with Crippen molar-refractivity contribution < 1.29 is 9.13 Å². The molecule has 0 bridgehead atoms. The third-order valence-corrected chi connectivity index (χ3v) is 3.43. The molecule has 0 fully saturated rings. The van der Waals surface area contributed by atoms with Gasteiger partial charge in [-0.2, -0.15) is 0 Å². The van der Waals surface area contributed by atoms with Crippen LogP contribution < -0.4 is 4.74 Å². The van der Waals surface area contributed by atoms with Gasteiger partial charge in [-0.05, 0) is 43.5 Å². The van der Waals surface area contributed by atoms with E-state index in [0.29, 0.717) is 11.8 Å². The lowest BCUT2D eigenvalue weighted by Gasteiger charge is -2.30. The van der Waals surface area contributed by atoms with Gasteiger partial charge in [0, 0.05) is 19.1 Å². The number of hydrogen-bond donors (Lipinski definition) is 0. The molecule has 0 radical (unpaired) electrons. The minimum Gasteiger partial charge on any atom is -0.494 e. The standard InChI is InChI=1S/C15H20FNO/c1-11(2)17-8-4-5-13(10-17)12-6-7-15(18-3)14(16)9-12/h5-7,9,11H,4,8,10H2,1-3H3. The highest BCUT2D eigenvalue weighted by Crippen LogP contribution is 2.26. The van der Waals surface area contributed by atoms with Crippen LogP contribution in [0.25, 0.3) is 5.57 Å². The molecular weight excluding hydrogens is 229 g/mol. The molecule has 0 unspecified atom stereocenters. The normalized spacial score (nSPS) is 16.8. The topological polar surface area (TPSA) is 12.5 Å². The fourth-order valence-corrected chi connectivity index (χ4v) is 2.28. The molecule has 98 valence electrons. The Bertz CT molecular complexity index is 454. The average Bonchev–Trinajstić information content (AvgIpc) is 2.38. The van der Waals surface area contributed by atoms with E-state index in [1.165, 1.54) is 12.7 Å². The summed E-state index contributed by atoms with van der Waals surface area (Å²) in [5.74, 6) is 0.00782. The van der Waals surface area contributed by atoms with Crippen molar-refractivity contribution >= 4 is 5.57 Å². The number of benzene rings is 1. The van der Waals surface area contributed by atoms with Crippen LogP contribution in [0.3, 0.4) is 0 Å². The van der Waals surface area contributed by atoms with Crippen LogP contribution in [-0.4, -0.2) is 31.1 Å². The summed E-state index contributed by atoms with van der Waals surface area (Å²) in [7, 11) is 1.48. The van der Waals surface area contributed by atoms with Gasteiger partial charge in [-0.1, -0.05) is 12.1 Å². The van der Waals surface area contributed by atoms with Crippen molar-refractivity contribution in [2.75, 3.05) is 20.2 Å². The van der Waals surface area contributed by atoms with Crippen LogP contribution in [0.2, 0.25) is 0 Å². The molecule has 1 aromatic rings. The molecule has 0 atom stereocenters. The maximum Gasteiger partial charge on any atom is 0.165 e. The quantitative estimate of drug-likeness (QED) is 0.814. The average molecular weight is 249 g/mol. The zero-order valence-electron chi connectivity index (χ0n) is 11.2. The fourth-order valence-electron chi connectivity index (χ4n) is 2.28. The molecular formula is C15H20FNO. The van der Waals surface area contributed by atoms with Crippen molar-refractivity contribution in [3.63, 3.8) is 0 Å². The molecule has 0 saturated heterocycles.